The van der Waals surface area contributed by atoms with Gasteiger partial charge in [0.05, 0.1) is 18.5 Å². The molecule has 1 N–H and O–H groups in total. The van der Waals surface area contributed by atoms with Crippen LogP contribution in [0, 0.1) is 0 Å². The largest absolute Gasteiger partial charge is 0.464 e. The topological polar surface area (TPSA) is 51.2 Å². The van der Waals surface area contributed by atoms with Gasteiger partial charge in [-0.1, -0.05) is 18.2 Å². The second-order valence-electron chi connectivity index (χ2n) is 4.24. The molecule has 0 amide bonds. The fraction of sp³-hybridized carbons (Fsp3) is 0.214. The molecule has 3 aromatic rings. The molecular formula is C14H14N2O2. The van der Waals surface area contributed by atoms with E-state index in [4.69, 9.17) is 9.52 Å². The van der Waals surface area contributed by atoms with Crippen molar-refractivity contribution in [1.82, 2.24) is 9.55 Å². The second kappa shape index (κ2) is 4.31. The first-order chi connectivity index (χ1) is 8.81. The van der Waals surface area contributed by atoms with E-state index in [1.807, 2.05) is 42.1 Å². The van der Waals surface area contributed by atoms with Crippen LogP contribution < -0.4 is 0 Å². The van der Waals surface area contributed by atoms with Gasteiger partial charge in [-0.25, -0.2) is 4.98 Å². The Balaban J connectivity index is 2.15. The summed E-state index contributed by atoms with van der Waals surface area (Å²) in [5.74, 6) is 0.873. The van der Waals surface area contributed by atoms with E-state index >= 15 is 0 Å². The van der Waals surface area contributed by atoms with E-state index in [0.717, 1.165) is 28.1 Å². The lowest BCUT2D eigenvalue weighted by Crippen LogP contribution is -2.01. The van der Waals surface area contributed by atoms with Crippen LogP contribution in [0.1, 0.15) is 5.82 Å². The second-order valence-corrected chi connectivity index (χ2v) is 4.24. The number of hydrogen-bond acceptors (Lipinski definition) is 3. The lowest BCUT2D eigenvalue weighted by molar-refractivity contribution is 0.295. The van der Waals surface area contributed by atoms with Crippen LogP contribution in [0.2, 0.25) is 0 Å². The Morgan fingerprint density at radius 2 is 2.17 bits per heavy atom. The van der Waals surface area contributed by atoms with Gasteiger partial charge in [0.15, 0.2) is 0 Å². The maximum Gasteiger partial charge on any atom is 0.134 e. The van der Waals surface area contributed by atoms with Crippen molar-refractivity contribution in [2.45, 2.75) is 6.42 Å². The third kappa shape index (κ3) is 1.62. The highest BCUT2D eigenvalue weighted by Crippen LogP contribution is 2.30. The van der Waals surface area contributed by atoms with Gasteiger partial charge in [0, 0.05) is 24.4 Å². The number of nitrogens with zero attached hydrogens (tertiary/aromatic N) is 2. The Labute approximate surface area is 104 Å². The molecule has 2 heterocycles. The first kappa shape index (κ1) is 11.0. The van der Waals surface area contributed by atoms with Crippen molar-refractivity contribution in [3.63, 3.8) is 0 Å². The van der Waals surface area contributed by atoms with Gasteiger partial charge >= 0.3 is 0 Å². The summed E-state index contributed by atoms with van der Waals surface area (Å²) in [6.45, 7) is 0.108. The molecule has 0 aliphatic heterocycles. The number of aliphatic hydroxyl groups excluding tert-OH is 1. The average molecular weight is 242 g/mol. The molecule has 0 saturated carbocycles. The van der Waals surface area contributed by atoms with E-state index in [2.05, 4.69) is 4.98 Å². The van der Waals surface area contributed by atoms with Crippen LogP contribution in [0.15, 0.2) is 41.1 Å². The standard InChI is InChI=1S/C14H14N2O2/c1-16-12(8-15-14(16)6-7-17)11-9-18-13-5-3-2-4-10(11)13/h2-5,8-9,17H,6-7H2,1H3. The minimum absolute atomic E-state index is 0.108. The number of rotatable bonds is 3. The zero-order valence-electron chi connectivity index (χ0n) is 10.1. The van der Waals surface area contributed by atoms with Gasteiger partial charge in [-0.2, -0.15) is 0 Å². The highest BCUT2D eigenvalue weighted by molar-refractivity contribution is 5.92. The summed E-state index contributed by atoms with van der Waals surface area (Å²) >= 11 is 0. The van der Waals surface area contributed by atoms with Crippen LogP contribution in [0.5, 0.6) is 0 Å². The summed E-state index contributed by atoms with van der Waals surface area (Å²) in [5.41, 5.74) is 2.91. The van der Waals surface area contributed by atoms with E-state index in [1.54, 1.807) is 6.26 Å². The molecule has 3 rings (SSSR count). The molecule has 1 aromatic carbocycles. The van der Waals surface area contributed by atoms with Crippen molar-refractivity contribution in [1.29, 1.82) is 0 Å². The molecule has 4 nitrogen and oxygen atoms in total. The molecule has 4 heteroatoms. The Bertz CT molecular complexity index is 682. The Kier molecular flexibility index (Phi) is 2.64. The predicted octanol–water partition coefficient (Wildman–Crippen LogP) is 2.37. The number of aromatic nitrogens is 2. The van der Waals surface area contributed by atoms with Crippen molar-refractivity contribution in [2.24, 2.45) is 7.05 Å². The van der Waals surface area contributed by atoms with E-state index in [9.17, 15) is 0 Å². The van der Waals surface area contributed by atoms with Crippen LogP contribution in [0.25, 0.3) is 22.2 Å². The Hall–Kier alpha value is -2.07. The number of furan rings is 1. The quantitative estimate of drug-likeness (QED) is 0.767. The molecule has 0 fully saturated rings. The van der Waals surface area contributed by atoms with Crippen molar-refractivity contribution in [3.8, 4) is 11.3 Å². The SMILES string of the molecule is Cn1c(-c2coc3ccccc23)cnc1CCO. The molecule has 0 atom stereocenters. The Morgan fingerprint density at radius 3 is 3.00 bits per heavy atom. The molecule has 0 aliphatic carbocycles. The third-order valence-electron chi connectivity index (χ3n) is 3.18. The molecule has 0 saturated heterocycles. The molecule has 0 unspecified atom stereocenters. The van der Waals surface area contributed by atoms with Gasteiger partial charge in [-0.3, -0.25) is 0 Å². The van der Waals surface area contributed by atoms with E-state index < -0.39 is 0 Å². The summed E-state index contributed by atoms with van der Waals surface area (Å²) in [4.78, 5) is 4.33. The average Bonchev–Trinajstić information content (AvgIpc) is 2.95. The molecule has 18 heavy (non-hydrogen) atoms. The number of imidazole rings is 1. The Morgan fingerprint density at radius 1 is 1.33 bits per heavy atom. The van der Waals surface area contributed by atoms with Crippen molar-refractivity contribution >= 4 is 11.0 Å². The highest BCUT2D eigenvalue weighted by atomic mass is 16.3. The normalized spacial score (nSPS) is 11.2. The van der Waals surface area contributed by atoms with Gasteiger partial charge in [-0.15, -0.1) is 0 Å². The molecule has 0 radical (unpaired) electrons. The number of hydrogen-bond donors (Lipinski definition) is 1. The fourth-order valence-corrected chi connectivity index (χ4v) is 2.21. The lowest BCUT2D eigenvalue weighted by atomic mass is 10.1. The summed E-state index contributed by atoms with van der Waals surface area (Å²) in [7, 11) is 1.95. The zero-order chi connectivity index (χ0) is 12.5. The monoisotopic (exact) mass is 242 g/mol. The van der Waals surface area contributed by atoms with Crippen LogP contribution in [-0.2, 0) is 13.5 Å². The lowest BCUT2D eigenvalue weighted by Gasteiger charge is -2.03. The fourth-order valence-electron chi connectivity index (χ4n) is 2.21. The molecule has 92 valence electrons. The summed E-state index contributed by atoms with van der Waals surface area (Å²) < 4.78 is 7.53. The first-order valence-corrected chi connectivity index (χ1v) is 5.89. The molecular weight excluding hydrogens is 228 g/mol. The smallest absolute Gasteiger partial charge is 0.134 e. The van der Waals surface area contributed by atoms with E-state index in [0.29, 0.717) is 6.42 Å². The number of fused-ring (bicyclic) bond motifs is 1. The molecule has 0 spiro atoms. The number of para-hydroxylation sites is 1. The predicted molar refractivity (Wildman–Crippen MR) is 69.2 cm³/mol. The van der Waals surface area contributed by atoms with Gasteiger partial charge in [0.2, 0.25) is 0 Å². The van der Waals surface area contributed by atoms with Crippen molar-refractivity contribution < 1.29 is 9.52 Å². The van der Waals surface area contributed by atoms with Crippen LogP contribution in [0.4, 0.5) is 0 Å². The number of aliphatic hydroxyl groups is 1. The molecule has 0 bridgehead atoms. The van der Waals surface area contributed by atoms with E-state index in [-0.39, 0.29) is 6.61 Å². The van der Waals surface area contributed by atoms with Gasteiger partial charge in [0.25, 0.3) is 0 Å². The van der Waals surface area contributed by atoms with Crippen molar-refractivity contribution in [3.05, 3.63) is 42.5 Å². The minimum Gasteiger partial charge on any atom is -0.464 e. The van der Waals surface area contributed by atoms with Gasteiger partial charge in [0.1, 0.15) is 17.7 Å². The maximum atomic E-state index is 8.98. The summed E-state index contributed by atoms with van der Waals surface area (Å²) in [5, 5.41) is 10.1. The maximum absolute atomic E-state index is 8.98. The van der Waals surface area contributed by atoms with Crippen LogP contribution >= 0.6 is 0 Å². The first-order valence-electron chi connectivity index (χ1n) is 5.89. The molecule has 0 aliphatic rings. The zero-order valence-corrected chi connectivity index (χ0v) is 10.1. The summed E-state index contributed by atoms with van der Waals surface area (Å²) in [6, 6.07) is 7.93. The highest BCUT2D eigenvalue weighted by Gasteiger charge is 2.13. The van der Waals surface area contributed by atoms with Crippen LogP contribution in [0.3, 0.4) is 0 Å². The van der Waals surface area contributed by atoms with E-state index in [1.165, 1.54) is 0 Å². The molecule has 2 aromatic heterocycles. The van der Waals surface area contributed by atoms with Crippen molar-refractivity contribution in [2.75, 3.05) is 6.61 Å². The minimum atomic E-state index is 0.108. The summed E-state index contributed by atoms with van der Waals surface area (Å²) in [6.07, 6.45) is 4.14. The van der Waals surface area contributed by atoms with Gasteiger partial charge in [-0.05, 0) is 6.07 Å². The van der Waals surface area contributed by atoms with Gasteiger partial charge < -0.3 is 14.1 Å². The third-order valence-corrected chi connectivity index (χ3v) is 3.18. The number of benzene rings is 1. The van der Waals surface area contributed by atoms with Crippen LogP contribution in [-0.4, -0.2) is 21.3 Å².